The first kappa shape index (κ1) is 28.0. The first-order chi connectivity index (χ1) is 10.5. The first-order valence-corrected chi connectivity index (χ1v) is 9.27. The van der Waals surface area contributed by atoms with Gasteiger partial charge in [-0.2, -0.15) is 0 Å². The summed E-state index contributed by atoms with van der Waals surface area (Å²) in [5.41, 5.74) is 0.522. The Kier molecular flexibility index (Phi) is 15.7. The maximum Gasteiger partial charge on any atom is 0.224 e. The van der Waals surface area contributed by atoms with Gasteiger partial charge in [-0.05, 0) is 17.8 Å². The zero-order valence-electron chi connectivity index (χ0n) is 18.8. The average Bonchev–Trinajstić information content (AvgIpc) is 2.34. The Balaban J connectivity index is -0.000000276. The van der Waals surface area contributed by atoms with Crippen molar-refractivity contribution in [3.05, 3.63) is 0 Å². The number of amides is 1. The molecule has 0 aromatic carbocycles. The van der Waals surface area contributed by atoms with E-state index in [0.717, 1.165) is 5.92 Å². The Labute approximate surface area is 152 Å². The van der Waals surface area contributed by atoms with Crippen LogP contribution in [-0.4, -0.2) is 30.7 Å². The van der Waals surface area contributed by atoms with Gasteiger partial charge in [-0.25, -0.2) is 0 Å². The van der Waals surface area contributed by atoms with Gasteiger partial charge in [0.2, 0.25) is 5.91 Å². The number of Topliss-reactive ketones (excluding diaryl/α,β-unsaturated/α-hetero) is 1. The Morgan fingerprint density at radius 2 is 1.08 bits per heavy atom. The van der Waals surface area contributed by atoms with Crippen molar-refractivity contribution >= 4 is 11.7 Å². The lowest BCUT2D eigenvalue weighted by Crippen LogP contribution is -2.26. The van der Waals surface area contributed by atoms with E-state index in [1.807, 2.05) is 41.5 Å². The smallest absolute Gasteiger partial charge is 0.224 e. The fourth-order valence-corrected chi connectivity index (χ4v) is 2.41. The van der Waals surface area contributed by atoms with Gasteiger partial charge in [0.05, 0.1) is 0 Å². The normalized spacial score (nSPS) is 11.0. The molecule has 0 rings (SSSR count). The second-order valence-corrected chi connectivity index (χ2v) is 9.26. The van der Waals surface area contributed by atoms with Crippen molar-refractivity contribution in [2.45, 2.75) is 82.6 Å². The van der Waals surface area contributed by atoms with Crippen LogP contribution in [0, 0.1) is 29.1 Å². The summed E-state index contributed by atoms with van der Waals surface area (Å²) in [5, 5.41) is 0. The van der Waals surface area contributed by atoms with Crippen molar-refractivity contribution in [3.8, 4) is 0 Å². The quantitative estimate of drug-likeness (QED) is 0.659. The van der Waals surface area contributed by atoms with Gasteiger partial charge in [0, 0.05) is 31.8 Å². The predicted octanol–water partition coefficient (Wildman–Crippen LogP) is 5.68. The van der Waals surface area contributed by atoms with Crippen molar-refractivity contribution in [2.75, 3.05) is 14.1 Å². The molecular weight excluding hydrogens is 298 g/mol. The van der Waals surface area contributed by atoms with Gasteiger partial charge in [0.1, 0.15) is 5.78 Å². The van der Waals surface area contributed by atoms with Crippen molar-refractivity contribution < 1.29 is 9.59 Å². The molecule has 0 radical (unpaired) electrons. The number of hydrogen-bond donors (Lipinski definition) is 0. The third-order valence-corrected chi connectivity index (χ3v) is 3.09. The minimum Gasteiger partial charge on any atom is -0.349 e. The molecule has 0 aliphatic rings. The fourth-order valence-electron chi connectivity index (χ4n) is 2.41. The van der Waals surface area contributed by atoms with Crippen LogP contribution in [0.3, 0.4) is 0 Å². The molecule has 0 spiro atoms. The molecule has 0 aromatic rings. The standard InChI is InChI=1S/C8H18.C7H14O.C6H13NO/c1-7(2)6-8(3,4)5;1-5(2)7(8)6(3)4;1-5(2)6(8)7(3)4/h7H,6H2,1-5H3;5-6H,1-4H3;5H,1-4H3. The van der Waals surface area contributed by atoms with E-state index >= 15 is 0 Å². The molecule has 3 heteroatoms. The van der Waals surface area contributed by atoms with E-state index in [1.165, 1.54) is 6.42 Å². The monoisotopic (exact) mass is 343 g/mol. The van der Waals surface area contributed by atoms with Crippen LogP contribution in [-0.2, 0) is 9.59 Å². The minimum atomic E-state index is 0.130. The van der Waals surface area contributed by atoms with Crippen LogP contribution >= 0.6 is 0 Å². The number of carbonyl (C=O) groups excluding carboxylic acids is 2. The molecule has 0 aromatic heterocycles. The summed E-state index contributed by atoms with van der Waals surface area (Å²) in [7, 11) is 3.53. The number of hydrogen-bond acceptors (Lipinski definition) is 2. The zero-order valence-corrected chi connectivity index (χ0v) is 18.8. The number of nitrogens with zero attached hydrogens (tertiary/aromatic N) is 1. The lowest BCUT2D eigenvalue weighted by molar-refractivity contribution is -0.131. The van der Waals surface area contributed by atoms with E-state index in [-0.39, 0.29) is 23.7 Å². The van der Waals surface area contributed by atoms with Crippen LogP contribution in [0.1, 0.15) is 82.6 Å². The van der Waals surface area contributed by atoms with Crippen LogP contribution in [0.25, 0.3) is 0 Å². The molecule has 0 N–H and O–H groups in total. The van der Waals surface area contributed by atoms with Crippen molar-refractivity contribution in [1.29, 1.82) is 0 Å². The lowest BCUT2D eigenvalue weighted by Gasteiger charge is -2.19. The second-order valence-electron chi connectivity index (χ2n) is 9.26. The number of ketones is 1. The molecule has 0 saturated heterocycles. The topological polar surface area (TPSA) is 37.4 Å². The van der Waals surface area contributed by atoms with Gasteiger partial charge in [-0.3, -0.25) is 9.59 Å². The first-order valence-electron chi connectivity index (χ1n) is 9.27. The van der Waals surface area contributed by atoms with Crippen LogP contribution in [0.4, 0.5) is 0 Å². The largest absolute Gasteiger partial charge is 0.349 e. The highest BCUT2D eigenvalue weighted by molar-refractivity contribution is 5.82. The molecule has 3 nitrogen and oxygen atoms in total. The van der Waals surface area contributed by atoms with Gasteiger partial charge in [0.15, 0.2) is 0 Å². The highest BCUT2D eigenvalue weighted by atomic mass is 16.2. The molecule has 0 atom stereocenters. The summed E-state index contributed by atoms with van der Waals surface area (Å²) in [6, 6.07) is 0. The van der Waals surface area contributed by atoms with Gasteiger partial charge >= 0.3 is 0 Å². The maximum absolute atomic E-state index is 10.8. The summed E-state index contributed by atoms with van der Waals surface area (Å²) in [4.78, 5) is 23.2. The molecular formula is C21H45NO2. The SMILES string of the molecule is CC(C)C(=O)C(C)C.CC(C)C(=O)N(C)C.CC(C)CC(C)(C)C. The number of rotatable bonds is 4. The minimum absolute atomic E-state index is 0.130. The third kappa shape index (κ3) is 21.1. The van der Waals surface area contributed by atoms with Crippen molar-refractivity contribution in [3.63, 3.8) is 0 Å². The summed E-state index contributed by atoms with van der Waals surface area (Å²) in [6.07, 6.45) is 1.33. The molecule has 0 aliphatic carbocycles. The summed E-state index contributed by atoms with van der Waals surface area (Å²) >= 11 is 0. The molecule has 146 valence electrons. The average molecular weight is 344 g/mol. The van der Waals surface area contributed by atoms with Gasteiger partial charge < -0.3 is 4.90 Å². The molecule has 0 bridgehead atoms. The molecule has 0 aliphatic heterocycles. The molecule has 0 fully saturated rings. The van der Waals surface area contributed by atoms with Crippen molar-refractivity contribution in [2.24, 2.45) is 29.1 Å². The van der Waals surface area contributed by atoms with E-state index in [1.54, 1.807) is 19.0 Å². The van der Waals surface area contributed by atoms with Crippen LogP contribution in [0.5, 0.6) is 0 Å². The number of carbonyl (C=O) groups is 2. The third-order valence-electron chi connectivity index (χ3n) is 3.09. The lowest BCUT2D eigenvalue weighted by atomic mass is 9.86. The zero-order chi connectivity index (χ0) is 20.2. The maximum atomic E-state index is 10.8. The molecule has 1 amide bonds. The fraction of sp³-hybridized carbons (Fsp3) is 0.905. The Morgan fingerprint density at radius 1 is 0.750 bits per heavy atom. The molecule has 24 heavy (non-hydrogen) atoms. The van der Waals surface area contributed by atoms with Gasteiger partial charge in [-0.1, -0.05) is 76.2 Å². The molecule has 0 heterocycles. The second kappa shape index (κ2) is 13.4. The Hall–Kier alpha value is -0.860. The highest BCUT2D eigenvalue weighted by Gasteiger charge is 2.11. The van der Waals surface area contributed by atoms with E-state index in [0.29, 0.717) is 11.2 Å². The van der Waals surface area contributed by atoms with Crippen LogP contribution in [0.15, 0.2) is 0 Å². The predicted molar refractivity (Wildman–Crippen MR) is 107 cm³/mol. The Bertz CT molecular complexity index is 290. The summed E-state index contributed by atoms with van der Waals surface area (Å²) in [5.74, 6) is 1.92. The Morgan fingerprint density at radius 3 is 1.08 bits per heavy atom. The van der Waals surface area contributed by atoms with E-state index in [4.69, 9.17) is 0 Å². The van der Waals surface area contributed by atoms with E-state index < -0.39 is 0 Å². The van der Waals surface area contributed by atoms with Crippen molar-refractivity contribution in [1.82, 2.24) is 4.90 Å². The van der Waals surface area contributed by atoms with Crippen LogP contribution < -0.4 is 0 Å². The van der Waals surface area contributed by atoms with E-state index in [9.17, 15) is 9.59 Å². The van der Waals surface area contributed by atoms with Gasteiger partial charge in [-0.15, -0.1) is 0 Å². The summed E-state index contributed by atoms with van der Waals surface area (Å²) in [6.45, 7) is 22.9. The molecule has 0 unspecified atom stereocenters. The molecule has 0 saturated carbocycles. The van der Waals surface area contributed by atoms with Gasteiger partial charge in [0.25, 0.3) is 0 Å². The highest BCUT2D eigenvalue weighted by Crippen LogP contribution is 2.23. The summed E-state index contributed by atoms with van der Waals surface area (Å²) < 4.78 is 0. The van der Waals surface area contributed by atoms with E-state index in [2.05, 4.69) is 34.6 Å². The van der Waals surface area contributed by atoms with Crippen LogP contribution in [0.2, 0.25) is 0 Å².